The Kier molecular flexibility index (Phi) is 1.86. The molecule has 0 bridgehead atoms. The molecule has 6 heteroatoms. The molecule has 1 saturated carbocycles. The first kappa shape index (κ1) is 9.83. The maximum absolute atomic E-state index is 12.7. The van der Waals surface area contributed by atoms with Crippen molar-refractivity contribution < 1.29 is 13.2 Å². The van der Waals surface area contributed by atoms with Crippen molar-refractivity contribution in [3.05, 3.63) is 16.9 Å². The van der Waals surface area contributed by atoms with Crippen LogP contribution in [0.5, 0.6) is 0 Å². The molecule has 0 aliphatic heterocycles. The molecule has 1 fully saturated rings. The molecule has 1 aliphatic carbocycles. The first-order valence-corrected chi connectivity index (χ1v) is 4.54. The minimum absolute atomic E-state index is 0.0668. The molecule has 2 rings (SSSR count). The monoisotopic (exact) mass is 224 g/mol. The molecule has 1 aromatic rings. The lowest BCUT2D eigenvalue weighted by atomic mass is 10.2. The molecule has 0 spiro atoms. The van der Waals surface area contributed by atoms with Crippen molar-refractivity contribution in [3.8, 4) is 0 Å². The van der Waals surface area contributed by atoms with Crippen LogP contribution in [0.2, 0.25) is 5.15 Å². The SMILES string of the molecule is Cc1cnn(C2(C(F)(F)F)CC2)c1Cl. The average Bonchev–Trinajstić information content (AvgIpc) is 2.79. The maximum Gasteiger partial charge on any atom is 0.413 e. The Bertz CT molecular complexity index is 365. The number of hydrogen-bond acceptors (Lipinski definition) is 1. The second kappa shape index (κ2) is 2.66. The molecule has 0 unspecified atom stereocenters. The maximum atomic E-state index is 12.7. The van der Waals surface area contributed by atoms with Gasteiger partial charge in [-0.2, -0.15) is 18.3 Å². The fourth-order valence-electron chi connectivity index (χ4n) is 1.45. The van der Waals surface area contributed by atoms with E-state index in [0.29, 0.717) is 5.56 Å². The van der Waals surface area contributed by atoms with Crippen LogP contribution in [0, 0.1) is 6.92 Å². The zero-order valence-corrected chi connectivity index (χ0v) is 8.15. The van der Waals surface area contributed by atoms with Crippen LogP contribution < -0.4 is 0 Å². The number of aromatic nitrogens is 2. The molecule has 0 aromatic carbocycles. The number of aryl methyl sites for hydroxylation is 1. The summed E-state index contributed by atoms with van der Waals surface area (Å²) < 4.78 is 38.8. The Hall–Kier alpha value is -0.710. The van der Waals surface area contributed by atoms with E-state index in [-0.39, 0.29) is 18.0 Å². The van der Waals surface area contributed by atoms with Gasteiger partial charge >= 0.3 is 6.18 Å². The molecule has 0 atom stereocenters. The summed E-state index contributed by atoms with van der Waals surface area (Å²) in [5.74, 6) is 0. The van der Waals surface area contributed by atoms with Crippen LogP contribution in [0.25, 0.3) is 0 Å². The molecule has 78 valence electrons. The van der Waals surface area contributed by atoms with Crippen LogP contribution in [0.1, 0.15) is 18.4 Å². The quantitative estimate of drug-likeness (QED) is 0.717. The fraction of sp³-hybridized carbons (Fsp3) is 0.625. The highest BCUT2D eigenvalue weighted by atomic mass is 35.5. The Morgan fingerprint density at radius 3 is 2.36 bits per heavy atom. The molecule has 0 N–H and O–H groups in total. The number of rotatable bonds is 1. The van der Waals surface area contributed by atoms with Crippen molar-refractivity contribution in [3.63, 3.8) is 0 Å². The highest BCUT2D eigenvalue weighted by Gasteiger charge is 2.66. The van der Waals surface area contributed by atoms with E-state index in [2.05, 4.69) is 5.10 Å². The summed E-state index contributed by atoms with van der Waals surface area (Å²) >= 11 is 5.74. The van der Waals surface area contributed by atoms with E-state index in [1.807, 2.05) is 0 Å². The van der Waals surface area contributed by atoms with Gasteiger partial charge in [-0.1, -0.05) is 11.6 Å². The highest BCUT2D eigenvalue weighted by molar-refractivity contribution is 6.30. The predicted octanol–water partition coefficient (Wildman–Crippen LogP) is 2.90. The van der Waals surface area contributed by atoms with Gasteiger partial charge in [-0.3, -0.25) is 0 Å². The summed E-state index contributed by atoms with van der Waals surface area (Å²) in [6.45, 7) is 1.64. The van der Waals surface area contributed by atoms with Gasteiger partial charge in [-0.15, -0.1) is 0 Å². The van der Waals surface area contributed by atoms with Crippen molar-refractivity contribution in [2.75, 3.05) is 0 Å². The zero-order valence-electron chi connectivity index (χ0n) is 7.40. The number of nitrogens with zero attached hydrogens (tertiary/aromatic N) is 2. The molecule has 1 heterocycles. The second-order valence-corrected chi connectivity index (χ2v) is 3.92. The zero-order chi connectivity index (χ0) is 10.6. The minimum atomic E-state index is -4.27. The van der Waals surface area contributed by atoms with E-state index in [1.165, 1.54) is 6.20 Å². The minimum Gasteiger partial charge on any atom is -0.238 e. The van der Waals surface area contributed by atoms with Gasteiger partial charge in [0.2, 0.25) is 0 Å². The summed E-state index contributed by atoms with van der Waals surface area (Å²) in [7, 11) is 0. The number of alkyl halides is 3. The fourth-order valence-corrected chi connectivity index (χ4v) is 1.70. The van der Waals surface area contributed by atoms with E-state index < -0.39 is 11.7 Å². The Labute approximate surface area is 83.7 Å². The highest BCUT2D eigenvalue weighted by Crippen LogP contribution is 2.56. The van der Waals surface area contributed by atoms with Gasteiger partial charge in [-0.05, 0) is 19.8 Å². The first-order valence-electron chi connectivity index (χ1n) is 4.16. The van der Waals surface area contributed by atoms with Gasteiger partial charge in [0.05, 0.1) is 6.20 Å². The summed E-state index contributed by atoms with van der Waals surface area (Å²) in [5, 5.41) is 3.76. The Morgan fingerprint density at radius 2 is 2.07 bits per heavy atom. The van der Waals surface area contributed by atoms with Gasteiger partial charge < -0.3 is 0 Å². The van der Waals surface area contributed by atoms with Gasteiger partial charge in [0.1, 0.15) is 5.15 Å². The average molecular weight is 225 g/mol. The third kappa shape index (κ3) is 1.15. The van der Waals surface area contributed by atoms with E-state index in [4.69, 9.17) is 11.6 Å². The van der Waals surface area contributed by atoms with Crippen molar-refractivity contribution in [1.29, 1.82) is 0 Å². The number of halogens is 4. The molecule has 1 aromatic heterocycles. The van der Waals surface area contributed by atoms with Crippen LogP contribution >= 0.6 is 11.6 Å². The van der Waals surface area contributed by atoms with E-state index in [0.717, 1.165) is 4.68 Å². The summed E-state index contributed by atoms with van der Waals surface area (Å²) in [6, 6.07) is 0. The van der Waals surface area contributed by atoms with Gasteiger partial charge in [0, 0.05) is 5.56 Å². The summed E-state index contributed by atoms with van der Waals surface area (Å²) in [4.78, 5) is 0. The van der Waals surface area contributed by atoms with Crippen molar-refractivity contribution >= 4 is 11.6 Å². The van der Waals surface area contributed by atoms with Crippen molar-refractivity contribution in [1.82, 2.24) is 9.78 Å². The molecule has 1 aliphatic rings. The van der Waals surface area contributed by atoms with Crippen LogP contribution in [0.3, 0.4) is 0 Å². The lowest BCUT2D eigenvalue weighted by molar-refractivity contribution is -0.182. The predicted molar refractivity (Wildman–Crippen MR) is 45.2 cm³/mol. The first-order chi connectivity index (χ1) is 6.38. The Balaban J connectivity index is 2.46. The van der Waals surface area contributed by atoms with Crippen LogP contribution in [-0.4, -0.2) is 16.0 Å². The number of hydrogen-bond donors (Lipinski definition) is 0. The van der Waals surface area contributed by atoms with Gasteiger partial charge in [-0.25, -0.2) is 4.68 Å². The van der Waals surface area contributed by atoms with Crippen molar-refractivity contribution in [2.24, 2.45) is 0 Å². The van der Waals surface area contributed by atoms with Crippen LogP contribution in [-0.2, 0) is 5.54 Å². The summed E-state index contributed by atoms with van der Waals surface area (Å²) in [6.07, 6.45) is -2.78. The van der Waals surface area contributed by atoms with Crippen LogP contribution in [0.4, 0.5) is 13.2 Å². The van der Waals surface area contributed by atoms with E-state index in [9.17, 15) is 13.2 Å². The lowest BCUT2D eigenvalue weighted by Crippen LogP contribution is -2.35. The smallest absolute Gasteiger partial charge is 0.238 e. The van der Waals surface area contributed by atoms with Crippen molar-refractivity contribution in [2.45, 2.75) is 31.5 Å². The van der Waals surface area contributed by atoms with Crippen LogP contribution in [0.15, 0.2) is 6.20 Å². The molecule has 14 heavy (non-hydrogen) atoms. The normalized spacial score (nSPS) is 19.8. The third-order valence-electron chi connectivity index (χ3n) is 2.53. The molecule has 0 radical (unpaired) electrons. The topological polar surface area (TPSA) is 17.8 Å². The Morgan fingerprint density at radius 1 is 1.50 bits per heavy atom. The summed E-state index contributed by atoms with van der Waals surface area (Å²) in [5.41, 5.74) is -1.26. The third-order valence-corrected chi connectivity index (χ3v) is 2.99. The van der Waals surface area contributed by atoms with Gasteiger partial charge in [0.25, 0.3) is 0 Å². The second-order valence-electron chi connectivity index (χ2n) is 3.56. The molecular formula is C8H8ClF3N2. The molecular weight excluding hydrogens is 217 g/mol. The largest absolute Gasteiger partial charge is 0.413 e. The molecule has 2 nitrogen and oxygen atoms in total. The van der Waals surface area contributed by atoms with Gasteiger partial charge in [0.15, 0.2) is 5.54 Å². The van der Waals surface area contributed by atoms with E-state index >= 15 is 0 Å². The van der Waals surface area contributed by atoms with E-state index in [1.54, 1.807) is 6.92 Å². The lowest BCUT2D eigenvalue weighted by Gasteiger charge is -2.20. The molecule has 0 saturated heterocycles. The molecule has 0 amide bonds. The standard InChI is InChI=1S/C8H8ClF3N2/c1-5-4-13-14(6(5)9)7(2-3-7)8(10,11)12/h4H,2-3H2,1H3.